The van der Waals surface area contributed by atoms with E-state index in [1.807, 2.05) is 54.7 Å². The molecule has 0 N–H and O–H groups in total. The molecule has 8 rings (SSSR count). The van der Waals surface area contributed by atoms with Crippen LogP contribution in [0.25, 0.3) is 65.5 Å². The van der Waals surface area contributed by atoms with E-state index in [0.717, 1.165) is 49.2 Å². The van der Waals surface area contributed by atoms with Gasteiger partial charge in [0.25, 0.3) is 11.1 Å². The molecule has 0 bridgehead atoms. The van der Waals surface area contributed by atoms with Crippen LogP contribution in [0.5, 0.6) is 0 Å². The van der Waals surface area contributed by atoms with E-state index in [0.29, 0.717) is 16.3 Å². The van der Waals surface area contributed by atoms with E-state index >= 15 is 0 Å². The second-order valence-electron chi connectivity index (χ2n) is 9.03. The summed E-state index contributed by atoms with van der Waals surface area (Å²) in [7, 11) is 0. The highest BCUT2D eigenvalue weighted by Gasteiger charge is 2.20. The maximum Gasteiger partial charge on any atom is 0.266 e. The molecule has 6 nitrogen and oxygen atoms in total. The van der Waals surface area contributed by atoms with Crippen molar-refractivity contribution in [3.05, 3.63) is 118 Å². The number of hydrogen-bond donors (Lipinski definition) is 0. The summed E-state index contributed by atoms with van der Waals surface area (Å²) >= 11 is 0. The average molecular weight is 464 g/mol. The van der Waals surface area contributed by atoms with Crippen LogP contribution in [0.3, 0.4) is 0 Å². The maximum absolute atomic E-state index is 13.6. The van der Waals surface area contributed by atoms with Crippen molar-refractivity contribution in [2.75, 3.05) is 0 Å². The predicted octanol–water partition coefficient (Wildman–Crippen LogP) is 5.44. The lowest BCUT2D eigenvalue weighted by Gasteiger charge is -2.16. The summed E-state index contributed by atoms with van der Waals surface area (Å²) in [5.41, 5.74) is 3.81. The molecular weight excluding hydrogens is 448 g/mol. The van der Waals surface area contributed by atoms with Crippen molar-refractivity contribution in [3.63, 3.8) is 0 Å². The van der Waals surface area contributed by atoms with Crippen LogP contribution in [0.2, 0.25) is 0 Å². The van der Waals surface area contributed by atoms with Crippen LogP contribution in [0.4, 0.5) is 0 Å². The molecule has 0 saturated heterocycles. The first-order chi connectivity index (χ1) is 17.7. The molecule has 0 atom stereocenters. The third kappa shape index (κ3) is 2.30. The molecule has 36 heavy (non-hydrogen) atoms. The Morgan fingerprint density at radius 2 is 1.22 bits per heavy atom. The number of aromatic nitrogens is 4. The molecule has 0 radical (unpaired) electrons. The summed E-state index contributed by atoms with van der Waals surface area (Å²) in [4.78, 5) is 36.1. The Morgan fingerprint density at radius 3 is 1.89 bits per heavy atom. The topological polar surface area (TPSA) is 69.3 Å². The Morgan fingerprint density at radius 1 is 0.583 bits per heavy atom. The zero-order valence-corrected chi connectivity index (χ0v) is 18.8. The van der Waals surface area contributed by atoms with E-state index in [1.54, 1.807) is 24.5 Å². The normalized spacial score (nSPS) is 12.1. The fourth-order valence-electron chi connectivity index (χ4n) is 5.70. The molecular formula is C30H16N4O2. The molecule has 0 saturated carbocycles. The first-order valence-electron chi connectivity index (χ1n) is 11.7. The Balaban J connectivity index is 1.69. The van der Waals surface area contributed by atoms with Gasteiger partial charge in [0.15, 0.2) is 0 Å². The van der Waals surface area contributed by atoms with E-state index in [1.165, 1.54) is 4.40 Å². The first kappa shape index (κ1) is 19.2. The van der Waals surface area contributed by atoms with Gasteiger partial charge in [-0.3, -0.25) is 19.6 Å². The number of hydrogen-bond acceptors (Lipinski definition) is 4. The third-order valence-corrected chi connectivity index (χ3v) is 7.20. The second kappa shape index (κ2) is 6.73. The zero-order chi connectivity index (χ0) is 24.0. The fraction of sp³-hybridized carbons (Fsp3) is 0. The Hall–Kier alpha value is -5.10. The lowest BCUT2D eigenvalue weighted by molar-refractivity contribution is 1.09. The van der Waals surface area contributed by atoms with Gasteiger partial charge < -0.3 is 4.57 Å². The van der Waals surface area contributed by atoms with Crippen molar-refractivity contribution < 1.29 is 0 Å². The van der Waals surface area contributed by atoms with Crippen molar-refractivity contribution in [1.29, 1.82) is 0 Å². The van der Waals surface area contributed by atoms with Gasteiger partial charge in [0.2, 0.25) is 0 Å². The van der Waals surface area contributed by atoms with Gasteiger partial charge in [-0.15, -0.1) is 0 Å². The minimum Gasteiger partial charge on any atom is -0.307 e. The Labute approximate surface area is 202 Å². The molecule has 0 aliphatic heterocycles. The monoisotopic (exact) mass is 464 g/mol. The first-order valence-corrected chi connectivity index (χ1v) is 11.7. The minimum absolute atomic E-state index is 0.293. The molecule has 6 heteroatoms. The van der Waals surface area contributed by atoms with E-state index in [2.05, 4.69) is 32.7 Å². The largest absolute Gasteiger partial charge is 0.307 e. The number of rotatable bonds is 1. The van der Waals surface area contributed by atoms with Crippen molar-refractivity contribution in [2.24, 2.45) is 0 Å². The summed E-state index contributed by atoms with van der Waals surface area (Å²) in [6.45, 7) is 0. The van der Waals surface area contributed by atoms with Gasteiger partial charge in [0.1, 0.15) is 0 Å². The van der Waals surface area contributed by atoms with Crippen molar-refractivity contribution in [2.45, 2.75) is 0 Å². The molecule has 0 unspecified atom stereocenters. The van der Waals surface area contributed by atoms with Crippen LogP contribution >= 0.6 is 0 Å². The lowest BCUT2D eigenvalue weighted by atomic mass is 9.99. The quantitative estimate of drug-likeness (QED) is 0.240. The number of pyridine rings is 4. The summed E-state index contributed by atoms with van der Waals surface area (Å²) in [5, 5.41) is 5.37. The van der Waals surface area contributed by atoms with Gasteiger partial charge in [-0.05, 0) is 53.2 Å². The van der Waals surface area contributed by atoms with Crippen LogP contribution in [0, 0.1) is 0 Å². The van der Waals surface area contributed by atoms with E-state index in [9.17, 15) is 9.59 Å². The molecule has 5 heterocycles. The molecule has 168 valence electrons. The zero-order valence-electron chi connectivity index (χ0n) is 18.8. The average Bonchev–Trinajstić information content (AvgIpc) is 3.27. The fourth-order valence-corrected chi connectivity index (χ4v) is 5.70. The predicted molar refractivity (Wildman–Crippen MR) is 144 cm³/mol. The van der Waals surface area contributed by atoms with Gasteiger partial charge in [0, 0.05) is 51.2 Å². The lowest BCUT2D eigenvalue weighted by Crippen LogP contribution is -2.27. The van der Waals surface area contributed by atoms with Crippen LogP contribution in [0.15, 0.2) is 107 Å². The summed E-state index contributed by atoms with van der Waals surface area (Å²) in [5.74, 6) is 0. The van der Waals surface area contributed by atoms with Gasteiger partial charge in [0.05, 0.1) is 22.1 Å². The molecule has 3 aromatic carbocycles. The second-order valence-corrected chi connectivity index (χ2v) is 9.03. The summed E-state index contributed by atoms with van der Waals surface area (Å²) < 4.78 is 3.52. The standard InChI is InChI=1S/C30H16N4O2/c35-29-20-8-3-1-6-18(20)22-14-17(15-23-19-7-2-4-9-21(19)30(36)34(29)28(22)23)33-25-11-13-31-16-24(25)27-26(33)10-5-12-32-27/h1-16H. The highest BCUT2D eigenvalue weighted by Crippen LogP contribution is 2.36. The molecule has 8 aromatic rings. The smallest absolute Gasteiger partial charge is 0.266 e. The highest BCUT2D eigenvalue weighted by molar-refractivity contribution is 6.19. The molecule has 0 fully saturated rings. The number of fused-ring (bicyclic) bond motifs is 7. The SMILES string of the molecule is O=c1c2ccccc2c2cc(-n3c4ccncc4c4ncccc43)cc3c4ccccc4c(=O)n1c23. The molecule has 0 amide bonds. The molecule has 0 aliphatic carbocycles. The Kier molecular flexibility index (Phi) is 3.60. The number of nitrogens with zero attached hydrogens (tertiary/aromatic N) is 4. The van der Waals surface area contributed by atoms with Crippen LogP contribution in [-0.2, 0) is 0 Å². The van der Waals surface area contributed by atoms with Crippen LogP contribution in [-0.4, -0.2) is 18.9 Å². The van der Waals surface area contributed by atoms with Gasteiger partial charge in [-0.1, -0.05) is 36.4 Å². The van der Waals surface area contributed by atoms with Crippen molar-refractivity contribution >= 4 is 59.8 Å². The highest BCUT2D eigenvalue weighted by atomic mass is 16.2. The number of benzene rings is 3. The van der Waals surface area contributed by atoms with Crippen molar-refractivity contribution in [3.8, 4) is 5.69 Å². The third-order valence-electron chi connectivity index (χ3n) is 7.20. The molecule has 0 aliphatic rings. The summed E-state index contributed by atoms with van der Waals surface area (Å²) in [6, 6.07) is 25.1. The van der Waals surface area contributed by atoms with E-state index < -0.39 is 0 Å². The molecule has 5 aromatic heterocycles. The van der Waals surface area contributed by atoms with Crippen molar-refractivity contribution in [1.82, 2.24) is 18.9 Å². The van der Waals surface area contributed by atoms with Crippen LogP contribution in [0.1, 0.15) is 0 Å². The molecule has 0 spiro atoms. The van der Waals surface area contributed by atoms with Gasteiger partial charge in [-0.25, -0.2) is 4.40 Å². The van der Waals surface area contributed by atoms with Gasteiger partial charge in [-0.2, -0.15) is 0 Å². The summed E-state index contributed by atoms with van der Waals surface area (Å²) in [6.07, 6.45) is 5.41. The van der Waals surface area contributed by atoms with E-state index in [-0.39, 0.29) is 11.1 Å². The van der Waals surface area contributed by atoms with Gasteiger partial charge >= 0.3 is 0 Å². The minimum atomic E-state index is -0.293. The van der Waals surface area contributed by atoms with E-state index in [4.69, 9.17) is 0 Å². The van der Waals surface area contributed by atoms with Crippen LogP contribution < -0.4 is 11.1 Å². The maximum atomic E-state index is 13.6. The Bertz CT molecular complexity index is 2160.